The van der Waals surface area contributed by atoms with Crippen LogP contribution < -0.4 is 10.4 Å². The first kappa shape index (κ1) is 21.5. The van der Waals surface area contributed by atoms with Crippen molar-refractivity contribution in [2.24, 2.45) is 0 Å². The number of rotatable bonds is 5. The van der Waals surface area contributed by atoms with E-state index in [0.717, 1.165) is 5.56 Å². The number of halogens is 1. The Morgan fingerprint density at radius 2 is 1.88 bits per heavy atom. The number of carbonyl (C=O) groups is 1. The van der Waals surface area contributed by atoms with E-state index < -0.39 is 11.7 Å². The van der Waals surface area contributed by atoms with Crippen molar-refractivity contribution in [1.82, 2.24) is 14.1 Å². The molecule has 0 aliphatic heterocycles. The van der Waals surface area contributed by atoms with Crippen LogP contribution in [0, 0.1) is 6.92 Å². The van der Waals surface area contributed by atoms with Gasteiger partial charge in [-0.25, -0.2) is 19.1 Å². The Morgan fingerprint density at radius 1 is 1.16 bits per heavy atom. The second-order valence-corrected chi connectivity index (χ2v) is 7.68. The van der Waals surface area contributed by atoms with Crippen LogP contribution >= 0.6 is 11.6 Å². The summed E-state index contributed by atoms with van der Waals surface area (Å²) in [5.41, 5.74) is 2.46. The maximum absolute atomic E-state index is 13.0. The van der Waals surface area contributed by atoms with Gasteiger partial charge in [0.1, 0.15) is 5.56 Å². The first-order valence-electron chi connectivity index (χ1n) is 9.66. The lowest BCUT2D eigenvalue weighted by molar-refractivity contribution is 0.0596. The van der Waals surface area contributed by atoms with Crippen LogP contribution in [0.4, 0.5) is 0 Å². The number of benzene rings is 2. The van der Waals surface area contributed by atoms with E-state index in [0.29, 0.717) is 27.2 Å². The Labute approximate surface area is 188 Å². The summed E-state index contributed by atoms with van der Waals surface area (Å²) >= 11 is 6.30. The summed E-state index contributed by atoms with van der Waals surface area (Å²) in [4.78, 5) is 29.6. The number of esters is 1. The Hall–Kier alpha value is -3.78. The lowest BCUT2D eigenvalue weighted by atomic mass is 10.1. The molecule has 9 heteroatoms. The molecule has 0 aliphatic carbocycles. The molecule has 0 amide bonds. The normalized spacial score (nSPS) is 11.0. The van der Waals surface area contributed by atoms with E-state index in [2.05, 4.69) is 4.98 Å². The van der Waals surface area contributed by atoms with Gasteiger partial charge >= 0.3 is 11.7 Å². The van der Waals surface area contributed by atoms with E-state index in [1.54, 1.807) is 30.3 Å². The molecule has 0 unspecified atom stereocenters. The average molecular weight is 454 g/mol. The van der Waals surface area contributed by atoms with Gasteiger partial charge in [0.05, 0.1) is 38.2 Å². The molecular formula is C23H20ClN3O5. The zero-order chi connectivity index (χ0) is 23.0. The number of imidazole rings is 1. The summed E-state index contributed by atoms with van der Waals surface area (Å²) in [7, 11) is 2.67. The number of pyridine rings is 1. The molecule has 164 valence electrons. The number of hydrogen-bond acceptors (Lipinski definition) is 6. The number of fused-ring (bicyclic) bond motifs is 1. The average Bonchev–Trinajstić information content (AvgIpc) is 3.05. The molecule has 0 saturated carbocycles. The van der Waals surface area contributed by atoms with Crippen molar-refractivity contribution in [2.75, 3.05) is 14.2 Å². The third kappa shape index (κ3) is 3.80. The minimum atomic E-state index is -0.589. The van der Waals surface area contributed by atoms with Crippen LogP contribution in [0.3, 0.4) is 0 Å². The minimum Gasteiger partial charge on any atom is -0.493 e. The van der Waals surface area contributed by atoms with E-state index in [-0.39, 0.29) is 23.9 Å². The quantitative estimate of drug-likeness (QED) is 0.463. The standard InChI is InChI=1S/C23H20ClN3O5/c1-13-4-6-17(7-5-13)27-19(28)12-26(23(27)30)11-15-9-16(24)8-14-10-18(22(29)32-3)21(31-2)25-20(14)15/h4-10,12,28H,11H2,1-3H3. The number of methoxy groups -OCH3 is 2. The number of carbonyl (C=O) groups excluding carboxylic acids is 1. The van der Waals surface area contributed by atoms with E-state index in [1.165, 1.54) is 29.6 Å². The lowest BCUT2D eigenvalue weighted by Gasteiger charge is -2.12. The van der Waals surface area contributed by atoms with Gasteiger partial charge in [-0.05, 0) is 42.8 Å². The van der Waals surface area contributed by atoms with Crippen LogP contribution in [0.25, 0.3) is 16.6 Å². The first-order valence-corrected chi connectivity index (χ1v) is 10.0. The highest BCUT2D eigenvalue weighted by molar-refractivity contribution is 6.31. The largest absolute Gasteiger partial charge is 0.493 e. The summed E-state index contributed by atoms with van der Waals surface area (Å²) in [6, 6.07) is 12.2. The molecule has 2 aromatic heterocycles. The zero-order valence-electron chi connectivity index (χ0n) is 17.6. The van der Waals surface area contributed by atoms with Gasteiger partial charge in [0.25, 0.3) is 0 Å². The highest BCUT2D eigenvalue weighted by Gasteiger charge is 2.19. The molecule has 0 fully saturated rings. The van der Waals surface area contributed by atoms with Crippen LogP contribution in [-0.2, 0) is 11.3 Å². The molecule has 1 N–H and O–H groups in total. The van der Waals surface area contributed by atoms with Gasteiger partial charge in [-0.15, -0.1) is 0 Å². The van der Waals surface area contributed by atoms with E-state index in [4.69, 9.17) is 21.1 Å². The molecule has 4 rings (SSSR count). The van der Waals surface area contributed by atoms with Crippen molar-refractivity contribution >= 4 is 28.5 Å². The Kier molecular flexibility index (Phi) is 5.63. The molecule has 4 aromatic rings. The summed E-state index contributed by atoms with van der Waals surface area (Å²) in [6.45, 7) is 2.03. The van der Waals surface area contributed by atoms with Crippen molar-refractivity contribution in [3.8, 4) is 17.4 Å². The number of aryl methyl sites for hydroxylation is 1. The predicted molar refractivity (Wildman–Crippen MR) is 120 cm³/mol. The predicted octanol–water partition coefficient (Wildman–Crippen LogP) is 3.70. The van der Waals surface area contributed by atoms with Crippen molar-refractivity contribution in [2.45, 2.75) is 13.5 Å². The van der Waals surface area contributed by atoms with Gasteiger partial charge in [-0.2, -0.15) is 0 Å². The van der Waals surface area contributed by atoms with Crippen LogP contribution in [0.15, 0.2) is 53.5 Å². The number of ether oxygens (including phenoxy) is 2. The SMILES string of the molecule is COC(=O)c1cc2cc(Cl)cc(Cn3cc(O)n(-c4ccc(C)cc4)c3=O)c2nc1OC. The zero-order valence-corrected chi connectivity index (χ0v) is 18.4. The summed E-state index contributed by atoms with van der Waals surface area (Å²) in [5.74, 6) is -0.682. The number of aromatic nitrogens is 3. The Bertz CT molecular complexity index is 1390. The van der Waals surface area contributed by atoms with Gasteiger partial charge in [0.2, 0.25) is 11.8 Å². The number of hydrogen-bond donors (Lipinski definition) is 1. The molecule has 2 heterocycles. The van der Waals surface area contributed by atoms with E-state index in [1.807, 2.05) is 19.1 Å². The smallest absolute Gasteiger partial charge is 0.343 e. The molecule has 0 atom stereocenters. The van der Waals surface area contributed by atoms with Gasteiger partial charge in [-0.1, -0.05) is 29.3 Å². The van der Waals surface area contributed by atoms with Gasteiger partial charge in [0.15, 0.2) is 0 Å². The van der Waals surface area contributed by atoms with E-state index >= 15 is 0 Å². The van der Waals surface area contributed by atoms with Gasteiger partial charge < -0.3 is 14.6 Å². The maximum atomic E-state index is 13.0. The van der Waals surface area contributed by atoms with Crippen LogP contribution in [0.2, 0.25) is 5.02 Å². The fourth-order valence-corrected chi connectivity index (χ4v) is 3.80. The molecule has 2 aromatic carbocycles. The number of nitrogens with zero attached hydrogens (tertiary/aromatic N) is 3. The first-order chi connectivity index (χ1) is 15.3. The van der Waals surface area contributed by atoms with Gasteiger partial charge in [-0.3, -0.25) is 4.57 Å². The fraction of sp³-hybridized carbons (Fsp3) is 0.174. The molecule has 32 heavy (non-hydrogen) atoms. The van der Waals surface area contributed by atoms with Crippen molar-refractivity contribution in [3.63, 3.8) is 0 Å². The topological polar surface area (TPSA) is 95.6 Å². The second-order valence-electron chi connectivity index (χ2n) is 7.24. The van der Waals surface area contributed by atoms with Crippen molar-refractivity contribution < 1.29 is 19.4 Å². The third-order valence-electron chi connectivity index (χ3n) is 5.10. The third-order valence-corrected chi connectivity index (χ3v) is 5.31. The van der Waals surface area contributed by atoms with Crippen LogP contribution in [-0.4, -0.2) is 39.4 Å². The van der Waals surface area contributed by atoms with Gasteiger partial charge in [0, 0.05) is 10.4 Å². The molecule has 8 nitrogen and oxygen atoms in total. The summed E-state index contributed by atoms with van der Waals surface area (Å²) in [5, 5.41) is 11.4. The minimum absolute atomic E-state index is 0.0933. The summed E-state index contributed by atoms with van der Waals surface area (Å²) < 4.78 is 12.6. The second kappa shape index (κ2) is 8.39. The Balaban J connectivity index is 1.83. The molecule has 0 spiro atoms. The molecule has 0 bridgehead atoms. The van der Waals surface area contributed by atoms with Crippen LogP contribution in [0.5, 0.6) is 11.8 Å². The molecule has 0 aliphatic rings. The van der Waals surface area contributed by atoms with Crippen molar-refractivity contribution in [1.29, 1.82) is 0 Å². The number of aromatic hydroxyl groups is 1. The highest BCUT2D eigenvalue weighted by atomic mass is 35.5. The lowest BCUT2D eigenvalue weighted by Crippen LogP contribution is -2.23. The molecule has 0 saturated heterocycles. The molecule has 0 radical (unpaired) electrons. The Morgan fingerprint density at radius 3 is 2.53 bits per heavy atom. The molecular weight excluding hydrogens is 434 g/mol. The summed E-state index contributed by atoms with van der Waals surface area (Å²) in [6.07, 6.45) is 1.36. The monoisotopic (exact) mass is 453 g/mol. The maximum Gasteiger partial charge on any atom is 0.343 e. The highest BCUT2D eigenvalue weighted by Crippen LogP contribution is 2.29. The van der Waals surface area contributed by atoms with Crippen molar-refractivity contribution in [3.05, 3.63) is 80.9 Å². The fourth-order valence-electron chi connectivity index (χ4n) is 3.55. The van der Waals surface area contributed by atoms with E-state index in [9.17, 15) is 14.7 Å². The van der Waals surface area contributed by atoms with Crippen LogP contribution in [0.1, 0.15) is 21.5 Å².